The Bertz CT molecular complexity index is 623. The monoisotopic (exact) mass is 270 g/mol. The number of carbonyl (C=O) groups excluding carboxylic acids is 1. The van der Waals surface area contributed by atoms with Crippen LogP contribution in [0.15, 0.2) is 48.8 Å². The van der Waals surface area contributed by atoms with E-state index in [2.05, 4.69) is 10.3 Å². The van der Waals surface area contributed by atoms with E-state index in [-0.39, 0.29) is 16.9 Å². The molecule has 102 valence electrons. The summed E-state index contributed by atoms with van der Waals surface area (Å²) in [6.45, 7) is 0.520. The largest absolute Gasteiger partial charge is 0.351 e. The molecule has 1 aliphatic rings. The maximum atomic E-state index is 13.5. The first kappa shape index (κ1) is 12.8. The van der Waals surface area contributed by atoms with Gasteiger partial charge in [0.2, 0.25) is 0 Å². The van der Waals surface area contributed by atoms with Crippen molar-refractivity contribution in [2.45, 2.75) is 18.3 Å². The van der Waals surface area contributed by atoms with Crippen LogP contribution in [0, 0.1) is 5.82 Å². The Kier molecular flexibility index (Phi) is 3.22. The molecule has 1 heterocycles. The summed E-state index contributed by atoms with van der Waals surface area (Å²) in [4.78, 5) is 16.1. The van der Waals surface area contributed by atoms with Crippen molar-refractivity contribution in [3.8, 4) is 0 Å². The normalized spacial score (nSPS) is 15.7. The van der Waals surface area contributed by atoms with E-state index < -0.39 is 5.82 Å². The van der Waals surface area contributed by atoms with Gasteiger partial charge in [0.1, 0.15) is 5.82 Å². The van der Waals surface area contributed by atoms with Crippen LogP contribution in [0.1, 0.15) is 28.8 Å². The summed E-state index contributed by atoms with van der Waals surface area (Å²) in [5.41, 5.74) is 1.21. The minimum absolute atomic E-state index is 0.0187. The number of nitrogens with one attached hydrogen (secondary N) is 1. The van der Waals surface area contributed by atoms with Crippen molar-refractivity contribution in [2.24, 2.45) is 0 Å². The molecule has 3 nitrogen and oxygen atoms in total. The van der Waals surface area contributed by atoms with Crippen molar-refractivity contribution in [3.63, 3.8) is 0 Å². The third kappa shape index (κ3) is 2.41. The first-order chi connectivity index (χ1) is 9.71. The van der Waals surface area contributed by atoms with Crippen LogP contribution in [0.5, 0.6) is 0 Å². The Morgan fingerprint density at radius 2 is 2.05 bits per heavy atom. The highest BCUT2D eigenvalue weighted by Gasteiger charge is 2.44. The fourth-order valence-electron chi connectivity index (χ4n) is 2.38. The summed E-state index contributed by atoms with van der Waals surface area (Å²) in [5, 5.41) is 2.83. The van der Waals surface area contributed by atoms with Crippen LogP contribution in [-0.4, -0.2) is 17.4 Å². The van der Waals surface area contributed by atoms with Gasteiger partial charge in [-0.05, 0) is 36.6 Å². The Labute approximate surface area is 116 Å². The summed E-state index contributed by atoms with van der Waals surface area (Å²) in [7, 11) is 0. The van der Waals surface area contributed by atoms with Crippen molar-refractivity contribution >= 4 is 5.91 Å². The molecule has 0 unspecified atom stereocenters. The Balaban J connectivity index is 1.69. The van der Waals surface area contributed by atoms with Gasteiger partial charge in [-0.2, -0.15) is 0 Å². The zero-order valence-electron chi connectivity index (χ0n) is 11.0. The molecule has 20 heavy (non-hydrogen) atoms. The van der Waals surface area contributed by atoms with Gasteiger partial charge >= 0.3 is 0 Å². The van der Waals surface area contributed by atoms with Gasteiger partial charge in [-0.15, -0.1) is 0 Å². The highest BCUT2D eigenvalue weighted by Crippen LogP contribution is 2.47. The van der Waals surface area contributed by atoms with Crippen LogP contribution >= 0.6 is 0 Å². The van der Waals surface area contributed by atoms with Gasteiger partial charge < -0.3 is 5.32 Å². The number of carbonyl (C=O) groups is 1. The molecule has 0 saturated heterocycles. The molecular formula is C16H15FN2O. The summed E-state index contributed by atoms with van der Waals surface area (Å²) in [5.74, 6) is -0.852. The molecular weight excluding hydrogens is 255 g/mol. The van der Waals surface area contributed by atoms with Crippen molar-refractivity contribution in [1.29, 1.82) is 0 Å². The van der Waals surface area contributed by atoms with E-state index >= 15 is 0 Å². The lowest BCUT2D eigenvalue weighted by atomic mass is 9.97. The molecule has 0 bridgehead atoms. The summed E-state index contributed by atoms with van der Waals surface area (Å²) < 4.78 is 13.5. The number of aromatic nitrogens is 1. The number of benzene rings is 1. The van der Waals surface area contributed by atoms with Crippen molar-refractivity contribution < 1.29 is 9.18 Å². The van der Waals surface area contributed by atoms with Gasteiger partial charge in [0, 0.05) is 24.4 Å². The summed E-state index contributed by atoms with van der Waals surface area (Å²) in [6, 6.07) is 9.94. The third-order valence-electron chi connectivity index (χ3n) is 3.83. The van der Waals surface area contributed by atoms with E-state index in [1.807, 2.05) is 18.3 Å². The molecule has 0 spiro atoms. The molecule has 1 saturated carbocycles. The van der Waals surface area contributed by atoms with Crippen molar-refractivity contribution in [3.05, 3.63) is 65.7 Å². The van der Waals surface area contributed by atoms with E-state index in [0.717, 1.165) is 18.4 Å². The number of hydrogen-bond acceptors (Lipinski definition) is 2. The standard InChI is InChI=1S/C16H15FN2O/c17-14-6-2-1-5-13(14)15(20)19-11-16(7-8-16)12-4-3-9-18-10-12/h1-6,9-10H,7-8,11H2,(H,19,20). The molecule has 1 fully saturated rings. The lowest BCUT2D eigenvalue weighted by Crippen LogP contribution is -2.32. The van der Waals surface area contributed by atoms with Gasteiger partial charge in [0.05, 0.1) is 5.56 Å². The lowest BCUT2D eigenvalue weighted by Gasteiger charge is -2.16. The Morgan fingerprint density at radius 3 is 2.70 bits per heavy atom. The molecule has 2 aromatic rings. The minimum Gasteiger partial charge on any atom is -0.351 e. The lowest BCUT2D eigenvalue weighted by molar-refractivity contribution is 0.0945. The molecule has 1 aromatic heterocycles. The van der Waals surface area contributed by atoms with Gasteiger partial charge in [-0.3, -0.25) is 9.78 Å². The number of hydrogen-bond donors (Lipinski definition) is 1. The SMILES string of the molecule is O=C(NCC1(c2cccnc2)CC1)c1ccccc1F. The second-order valence-corrected chi connectivity index (χ2v) is 5.18. The predicted molar refractivity (Wildman–Crippen MR) is 73.9 cm³/mol. The molecule has 1 N–H and O–H groups in total. The predicted octanol–water partition coefficient (Wildman–Crippen LogP) is 2.68. The highest BCUT2D eigenvalue weighted by molar-refractivity contribution is 5.94. The zero-order valence-corrected chi connectivity index (χ0v) is 11.0. The first-order valence-corrected chi connectivity index (χ1v) is 6.65. The van der Waals surface area contributed by atoms with E-state index in [1.54, 1.807) is 18.3 Å². The molecule has 1 amide bonds. The minimum atomic E-state index is -0.490. The Hall–Kier alpha value is -2.23. The van der Waals surface area contributed by atoms with Gasteiger partial charge in [0.25, 0.3) is 5.91 Å². The maximum absolute atomic E-state index is 13.5. The molecule has 0 atom stereocenters. The number of pyridine rings is 1. The third-order valence-corrected chi connectivity index (χ3v) is 3.83. The average Bonchev–Trinajstić information content (AvgIpc) is 3.27. The molecule has 1 aromatic carbocycles. The molecule has 4 heteroatoms. The van der Waals surface area contributed by atoms with Gasteiger partial charge in [-0.25, -0.2) is 4.39 Å². The average molecular weight is 270 g/mol. The van der Waals surface area contributed by atoms with Gasteiger partial charge in [0.15, 0.2) is 0 Å². The summed E-state index contributed by atoms with van der Waals surface area (Å²) >= 11 is 0. The highest BCUT2D eigenvalue weighted by atomic mass is 19.1. The summed E-state index contributed by atoms with van der Waals surface area (Å²) in [6.07, 6.45) is 5.62. The van der Waals surface area contributed by atoms with Crippen molar-refractivity contribution in [2.75, 3.05) is 6.54 Å². The van der Waals surface area contributed by atoms with Crippen LogP contribution in [-0.2, 0) is 5.41 Å². The van der Waals surface area contributed by atoms with Crippen LogP contribution in [0.25, 0.3) is 0 Å². The van der Waals surface area contributed by atoms with E-state index in [1.165, 1.54) is 12.1 Å². The van der Waals surface area contributed by atoms with Crippen molar-refractivity contribution in [1.82, 2.24) is 10.3 Å². The zero-order chi connectivity index (χ0) is 14.0. The smallest absolute Gasteiger partial charge is 0.254 e. The number of rotatable bonds is 4. The quantitative estimate of drug-likeness (QED) is 0.928. The first-order valence-electron chi connectivity index (χ1n) is 6.65. The van der Waals surface area contributed by atoms with E-state index in [0.29, 0.717) is 6.54 Å². The Morgan fingerprint density at radius 1 is 1.25 bits per heavy atom. The van der Waals surface area contributed by atoms with E-state index in [4.69, 9.17) is 0 Å². The number of halogens is 1. The fourth-order valence-corrected chi connectivity index (χ4v) is 2.38. The second kappa shape index (κ2) is 5.04. The topological polar surface area (TPSA) is 42.0 Å². The van der Waals surface area contributed by atoms with Crippen LogP contribution in [0.3, 0.4) is 0 Å². The number of nitrogens with zero attached hydrogens (tertiary/aromatic N) is 1. The molecule has 1 aliphatic carbocycles. The van der Waals surface area contributed by atoms with Crippen LogP contribution in [0.4, 0.5) is 4.39 Å². The van der Waals surface area contributed by atoms with Crippen LogP contribution < -0.4 is 5.32 Å². The van der Waals surface area contributed by atoms with Crippen LogP contribution in [0.2, 0.25) is 0 Å². The molecule has 3 rings (SSSR count). The maximum Gasteiger partial charge on any atom is 0.254 e. The second-order valence-electron chi connectivity index (χ2n) is 5.18. The number of amides is 1. The molecule has 0 radical (unpaired) electrons. The van der Waals surface area contributed by atoms with E-state index in [9.17, 15) is 9.18 Å². The fraction of sp³-hybridized carbons (Fsp3) is 0.250. The molecule has 0 aliphatic heterocycles. The van der Waals surface area contributed by atoms with Gasteiger partial charge in [-0.1, -0.05) is 18.2 Å².